The minimum absolute atomic E-state index is 0.0147. The molecule has 0 aliphatic heterocycles. The van der Waals surface area contributed by atoms with Crippen molar-refractivity contribution in [1.29, 1.82) is 0 Å². The molecule has 1 atom stereocenters. The number of hydrogen-bond acceptors (Lipinski definition) is 4. The van der Waals surface area contributed by atoms with Crippen molar-refractivity contribution in [3.63, 3.8) is 0 Å². The summed E-state index contributed by atoms with van der Waals surface area (Å²) in [6.07, 6.45) is -0.0147. The third kappa shape index (κ3) is 5.52. The number of urea groups is 1. The SMILES string of the molecule is COCCN(C)C(=O)NC(CCO)C(=O)O. The van der Waals surface area contributed by atoms with E-state index in [1.165, 1.54) is 19.1 Å². The van der Waals surface area contributed by atoms with Gasteiger partial charge >= 0.3 is 12.0 Å². The Hall–Kier alpha value is -1.34. The number of carboxylic acids is 1. The molecule has 0 fully saturated rings. The van der Waals surface area contributed by atoms with Gasteiger partial charge in [-0.15, -0.1) is 0 Å². The van der Waals surface area contributed by atoms with Gasteiger partial charge in [-0.1, -0.05) is 0 Å². The van der Waals surface area contributed by atoms with E-state index in [1.807, 2.05) is 0 Å². The smallest absolute Gasteiger partial charge is 0.326 e. The molecule has 0 aliphatic carbocycles. The summed E-state index contributed by atoms with van der Waals surface area (Å²) in [4.78, 5) is 23.5. The number of carbonyl (C=O) groups excluding carboxylic acids is 1. The predicted octanol–water partition coefficient (Wildman–Crippen LogP) is -0.890. The number of aliphatic hydroxyl groups is 1. The number of ether oxygens (including phenoxy) is 1. The molecular weight excluding hydrogens is 216 g/mol. The van der Waals surface area contributed by atoms with E-state index in [2.05, 4.69) is 5.32 Å². The Bertz CT molecular complexity index is 234. The van der Waals surface area contributed by atoms with Gasteiger partial charge in [0.1, 0.15) is 6.04 Å². The molecule has 1 unspecified atom stereocenters. The number of aliphatic carboxylic acids is 1. The largest absolute Gasteiger partial charge is 0.480 e. The average Bonchev–Trinajstić information content (AvgIpc) is 2.24. The van der Waals surface area contributed by atoms with Gasteiger partial charge < -0.3 is 25.2 Å². The third-order valence-electron chi connectivity index (χ3n) is 1.99. The van der Waals surface area contributed by atoms with Crippen LogP contribution in [0, 0.1) is 0 Å². The van der Waals surface area contributed by atoms with Crippen LogP contribution in [0.4, 0.5) is 4.79 Å². The summed E-state index contributed by atoms with van der Waals surface area (Å²) in [5.74, 6) is -1.16. The van der Waals surface area contributed by atoms with Crippen LogP contribution < -0.4 is 5.32 Å². The fourth-order valence-electron chi connectivity index (χ4n) is 0.975. The third-order valence-corrected chi connectivity index (χ3v) is 1.99. The Morgan fingerprint density at radius 3 is 2.56 bits per heavy atom. The van der Waals surface area contributed by atoms with Crippen molar-refractivity contribution in [3.8, 4) is 0 Å². The predicted molar refractivity (Wildman–Crippen MR) is 56.2 cm³/mol. The first-order valence-electron chi connectivity index (χ1n) is 4.87. The summed E-state index contributed by atoms with van der Waals surface area (Å²) in [7, 11) is 3.05. The van der Waals surface area contributed by atoms with Crippen LogP contribution in [0.3, 0.4) is 0 Å². The summed E-state index contributed by atoms with van der Waals surface area (Å²) < 4.78 is 4.78. The number of aliphatic hydroxyl groups excluding tert-OH is 1. The molecule has 94 valence electrons. The van der Waals surface area contributed by atoms with Gasteiger partial charge in [0.15, 0.2) is 0 Å². The van der Waals surface area contributed by atoms with Crippen LogP contribution in [0.5, 0.6) is 0 Å². The molecular formula is C9H18N2O5. The van der Waals surface area contributed by atoms with Crippen LogP contribution in [-0.2, 0) is 9.53 Å². The number of rotatable bonds is 7. The fourth-order valence-corrected chi connectivity index (χ4v) is 0.975. The number of nitrogens with one attached hydrogen (secondary N) is 1. The molecule has 0 aromatic carbocycles. The molecule has 0 aliphatic rings. The van der Waals surface area contributed by atoms with Crippen molar-refractivity contribution in [2.45, 2.75) is 12.5 Å². The summed E-state index contributed by atoms with van der Waals surface area (Å²) in [5.41, 5.74) is 0. The van der Waals surface area contributed by atoms with Crippen LogP contribution in [0.2, 0.25) is 0 Å². The quantitative estimate of drug-likeness (QED) is 0.530. The zero-order chi connectivity index (χ0) is 12.6. The highest BCUT2D eigenvalue weighted by Gasteiger charge is 2.20. The van der Waals surface area contributed by atoms with Crippen LogP contribution in [0.15, 0.2) is 0 Å². The van der Waals surface area contributed by atoms with Gasteiger partial charge in [0, 0.05) is 33.7 Å². The van der Waals surface area contributed by atoms with Crippen LogP contribution in [0.1, 0.15) is 6.42 Å². The van der Waals surface area contributed by atoms with Crippen molar-refractivity contribution in [2.24, 2.45) is 0 Å². The number of carbonyl (C=O) groups is 2. The van der Waals surface area contributed by atoms with E-state index in [4.69, 9.17) is 14.9 Å². The van der Waals surface area contributed by atoms with E-state index in [9.17, 15) is 9.59 Å². The zero-order valence-electron chi connectivity index (χ0n) is 9.47. The van der Waals surface area contributed by atoms with Gasteiger partial charge in [-0.2, -0.15) is 0 Å². The second kappa shape index (κ2) is 7.89. The number of amides is 2. The summed E-state index contributed by atoms with van der Waals surface area (Å²) in [6.45, 7) is 0.453. The van der Waals surface area contributed by atoms with E-state index in [1.54, 1.807) is 0 Å². The van der Waals surface area contributed by atoms with E-state index >= 15 is 0 Å². The second-order valence-corrected chi connectivity index (χ2v) is 3.27. The Kier molecular flexibility index (Phi) is 7.23. The summed E-state index contributed by atoms with van der Waals surface area (Å²) in [5, 5.41) is 19.7. The molecule has 2 amide bonds. The molecule has 0 radical (unpaired) electrons. The minimum atomic E-state index is -1.16. The van der Waals surface area contributed by atoms with Crippen LogP contribution in [-0.4, -0.2) is 67.1 Å². The summed E-state index contributed by atoms with van der Waals surface area (Å²) in [6, 6.07) is -1.57. The topological polar surface area (TPSA) is 99.1 Å². The van der Waals surface area contributed by atoms with Crippen molar-refractivity contribution in [1.82, 2.24) is 10.2 Å². The Balaban J connectivity index is 4.12. The monoisotopic (exact) mass is 234 g/mol. The standard InChI is InChI=1S/C9H18N2O5/c1-11(4-6-16-2)9(15)10-7(3-5-12)8(13)14/h7,12H,3-6H2,1-2H3,(H,10,15)(H,13,14). The van der Waals surface area contributed by atoms with Gasteiger partial charge in [-0.25, -0.2) is 9.59 Å². The lowest BCUT2D eigenvalue weighted by atomic mass is 10.2. The van der Waals surface area contributed by atoms with Gasteiger partial charge in [0.05, 0.1) is 6.61 Å². The second-order valence-electron chi connectivity index (χ2n) is 3.27. The van der Waals surface area contributed by atoms with Crippen molar-refractivity contribution < 1.29 is 24.5 Å². The van der Waals surface area contributed by atoms with Gasteiger partial charge in [-0.05, 0) is 0 Å². The van der Waals surface area contributed by atoms with Gasteiger partial charge in [0.2, 0.25) is 0 Å². The normalized spacial score (nSPS) is 11.9. The molecule has 16 heavy (non-hydrogen) atoms. The number of hydrogen-bond donors (Lipinski definition) is 3. The molecule has 7 heteroatoms. The highest BCUT2D eigenvalue weighted by molar-refractivity contribution is 5.82. The van der Waals surface area contributed by atoms with Crippen LogP contribution in [0.25, 0.3) is 0 Å². The first kappa shape index (κ1) is 14.7. The lowest BCUT2D eigenvalue weighted by Gasteiger charge is -2.20. The summed E-state index contributed by atoms with van der Waals surface area (Å²) >= 11 is 0. The zero-order valence-corrected chi connectivity index (χ0v) is 9.47. The van der Waals surface area contributed by atoms with Gasteiger partial charge in [-0.3, -0.25) is 0 Å². The molecule has 0 bridgehead atoms. The molecule has 7 nitrogen and oxygen atoms in total. The number of nitrogens with zero attached hydrogens (tertiary/aromatic N) is 1. The highest BCUT2D eigenvalue weighted by atomic mass is 16.5. The molecule has 0 spiro atoms. The molecule has 0 rings (SSSR count). The van der Waals surface area contributed by atoms with E-state index in [-0.39, 0.29) is 13.0 Å². The van der Waals surface area contributed by atoms with E-state index < -0.39 is 18.0 Å². The van der Waals surface area contributed by atoms with E-state index in [0.717, 1.165) is 0 Å². The van der Waals surface area contributed by atoms with Gasteiger partial charge in [0.25, 0.3) is 0 Å². The first-order valence-corrected chi connectivity index (χ1v) is 4.87. The number of methoxy groups -OCH3 is 1. The van der Waals surface area contributed by atoms with Crippen molar-refractivity contribution >= 4 is 12.0 Å². The molecule has 0 saturated heterocycles. The Morgan fingerprint density at radius 2 is 2.12 bits per heavy atom. The molecule has 0 aromatic rings. The maximum absolute atomic E-state index is 11.5. The number of carboxylic acid groups (broad SMARTS) is 1. The maximum atomic E-state index is 11.5. The lowest BCUT2D eigenvalue weighted by molar-refractivity contribution is -0.139. The van der Waals surface area contributed by atoms with E-state index in [0.29, 0.717) is 13.2 Å². The molecule has 3 N–H and O–H groups in total. The Labute approximate surface area is 94.0 Å². The molecule has 0 heterocycles. The Morgan fingerprint density at radius 1 is 1.50 bits per heavy atom. The number of likely N-dealkylation sites (N-methyl/N-ethyl adjacent to an activating group) is 1. The fraction of sp³-hybridized carbons (Fsp3) is 0.778. The maximum Gasteiger partial charge on any atom is 0.326 e. The average molecular weight is 234 g/mol. The van der Waals surface area contributed by atoms with Crippen LogP contribution >= 0.6 is 0 Å². The molecule has 0 saturated carbocycles. The van der Waals surface area contributed by atoms with Crippen molar-refractivity contribution in [2.75, 3.05) is 33.9 Å². The molecule has 0 aromatic heterocycles. The first-order chi connectivity index (χ1) is 7.52. The lowest BCUT2D eigenvalue weighted by Crippen LogP contribution is -2.47. The van der Waals surface area contributed by atoms with Crippen molar-refractivity contribution in [3.05, 3.63) is 0 Å². The minimum Gasteiger partial charge on any atom is -0.480 e. The highest BCUT2D eigenvalue weighted by Crippen LogP contribution is 1.94.